The highest BCUT2D eigenvalue weighted by molar-refractivity contribution is 9.10. The van der Waals surface area contributed by atoms with Crippen LogP contribution >= 0.6 is 15.9 Å². The molecular formula is C12H14BrNO3. The van der Waals surface area contributed by atoms with E-state index in [0.29, 0.717) is 19.8 Å². The van der Waals surface area contributed by atoms with Gasteiger partial charge >= 0.3 is 0 Å². The van der Waals surface area contributed by atoms with E-state index in [4.69, 9.17) is 9.47 Å². The third-order valence-corrected chi connectivity index (χ3v) is 3.61. The van der Waals surface area contributed by atoms with E-state index in [9.17, 15) is 4.79 Å². The average molecular weight is 300 g/mol. The van der Waals surface area contributed by atoms with Crippen molar-refractivity contribution in [2.75, 3.05) is 25.1 Å². The summed E-state index contributed by atoms with van der Waals surface area (Å²) >= 11 is 3.45. The summed E-state index contributed by atoms with van der Waals surface area (Å²) in [7, 11) is 0. The van der Waals surface area contributed by atoms with Gasteiger partial charge in [0, 0.05) is 4.47 Å². The average Bonchev–Trinajstić information content (AvgIpc) is 2.36. The molecule has 17 heavy (non-hydrogen) atoms. The van der Waals surface area contributed by atoms with Crippen molar-refractivity contribution < 1.29 is 14.3 Å². The molecule has 1 aromatic carbocycles. The molecule has 1 amide bonds. The molecule has 1 saturated heterocycles. The van der Waals surface area contributed by atoms with E-state index in [1.807, 2.05) is 25.1 Å². The van der Waals surface area contributed by atoms with Crippen LogP contribution in [-0.2, 0) is 14.3 Å². The summed E-state index contributed by atoms with van der Waals surface area (Å²) < 4.78 is 11.4. The number of hydrogen-bond acceptors (Lipinski definition) is 3. The number of benzene rings is 1. The topological polar surface area (TPSA) is 47.6 Å². The number of nitrogens with one attached hydrogen (secondary N) is 1. The maximum absolute atomic E-state index is 11.9. The van der Waals surface area contributed by atoms with Crippen molar-refractivity contribution in [1.82, 2.24) is 0 Å². The number of carbonyl (C=O) groups is 1. The van der Waals surface area contributed by atoms with Gasteiger partial charge < -0.3 is 14.8 Å². The molecule has 1 aliphatic heterocycles. The maximum atomic E-state index is 11.9. The molecule has 0 bridgehead atoms. The van der Waals surface area contributed by atoms with Crippen LogP contribution < -0.4 is 5.32 Å². The summed E-state index contributed by atoms with van der Waals surface area (Å²) in [5, 5.41) is 2.83. The van der Waals surface area contributed by atoms with Crippen LogP contribution in [0.15, 0.2) is 22.7 Å². The molecule has 0 aromatic heterocycles. The van der Waals surface area contributed by atoms with Crippen LogP contribution in [-0.4, -0.2) is 31.8 Å². The second-order valence-electron chi connectivity index (χ2n) is 3.86. The van der Waals surface area contributed by atoms with Crippen molar-refractivity contribution in [2.24, 2.45) is 0 Å². The first-order valence-electron chi connectivity index (χ1n) is 5.44. The lowest BCUT2D eigenvalue weighted by Gasteiger charge is -2.22. The Labute approximate surface area is 108 Å². The van der Waals surface area contributed by atoms with Gasteiger partial charge in [-0.1, -0.05) is 12.1 Å². The van der Waals surface area contributed by atoms with Crippen LogP contribution in [0.1, 0.15) is 5.56 Å². The molecule has 0 radical (unpaired) electrons. The highest BCUT2D eigenvalue weighted by Crippen LogP contribution is 2.25. The van der Waals surface area contributed by atoms with E-state index >= 15 is 0 Å². The van der Waals surface area contributed by atoms with Gasteiger partial charge in [-0.25, -0.2) is 0 Å². The fourth-order valence-electron chi connectivity index (χ4n) is 1.60. The Morgan fingerprint density at radius 1 is 1.47 bits per heavy atom. The van der Waals surface area contributed by atoms with E-state index in [2.05, 4.69) is 21.2 Å². The van der Waals surface area contributed by atoms with Gasteiger partial charge in [-0.05, 0) is 34.5 Å². The van der Waals surface area contributed by atoms with Crippen LogP contribution in [0.3, 0.4) is 0 Å². The lowest BCUT2D eigenvalue weighted by molar-refractivity contribution is -0.142. The monoisotopic (exact) mass is 299 g/mol. The second-order valence-corrected chi connectivity index (χ2v) is 4.65. The van der Waals surface area contributed by atoms with Crippen LogP contribution in [0.4, 0.5) is 5.69 Å². The van der Waals surface area contributed by atoms with E-state index in [1.54, 1.807) is 0 Å². The largest absolute Gasteiger partial charge is 0.376 e. The van der Waals surface area contributed by atoms with Crippen molar-refractivity contribution in [2.45, 2.75) is 13.0 Å². The Morgan fingerprint density at radius 2 is 2.29 bits per heavy atom. The third-order valence-electron chi connectivity index (χ3n) is 2.56. The van der Waals surface area contributed by atoms with E-state index in [0.717, 1.165) is 15.7 Å². The first kappa shape index (κ1) is 12.5. The molecule has 1 fully saturated rings. The SMILES string of the molecule is Cc1cccc(NC(=O)C2COCCO2)c1Br. The molecular weight excluding hydrogens is 286 g/mol. The minimum Gasteiger partial charge on any atom is -0.376 e. The summed E-state index contributed by atoms with van der Waals surface area (Å²) in [4.78, 5) is 11.9. The lowest BCUT2D eigenvalue weighted by Crippen LogP contribution is -2.39. The molecule has 92 valence electrons. The highest BCUT2D eigenvalue weighted by atomic mass is 79.9. The number of hydrogen-bond donors (Lipinski definition) is 1. The number of ether oxygens (including phenoxy) is 2. The Kier molecular flexibility index (Phi) is 4.15. The molecule has 0 spiro atoms. The van der Waals surface area contributed by atoms with Gasteiger partial charge in [0.2, 0.25) is 0 Å². The Morgan fingerprint density at radius 3 is 3.00 bits per heavy atom. The summed E-state index contributed by atoms with van der Waals surface area (Å²) in [6.07, 6.45) is -0.517. The molecule has 1 aromatic rings. The minimum absolute atomic E-state index is 0.170. The standard InChI is InChI=1S/C12H14BrNO3/c1-8-3-2-4-9(11(8)13)14-12(15)10-7-16-5-6-17-10/h2-4,10H,5-7H2,1H3,(H,14,15). The van der Waals surface area contributed by atoms with E-state index < -0.39 is 6.10 Å². The zero-order valence-electron chi connectivity index (χ0n) is 9.53. The lowest BCUT2D eigenvalue weighted by atomic mass is 10.2. The number of halogens is 1. The van der Waals surface area contributed by atoms with Crippen molar-refractivity contribution in [3.63, 3.8) is 0 Å². The van der Waals surface area contributed by atoms with E-state index in [-0.39, 0.29) is 5.91 Å². The van der Waals surface area contributed by atoms with E-state index in [1.165, 1.54) is 0 Å². The first-order chi connectivity index (χ1) is 8.18. The summed E-state index contributed by atoms with van der Waals surface area (Å²) in [6, 6.07) is 5.71. The first-order valence-corrected chi connectivity index (χ1v) is 6.23. The fourth-order valence-corrected chi connectivity index (χ4v) is 1.96. The molecule has 1 heterocycles. The molecule has 0 saturated carbocycles. The van der Waals surface area contributed by atoms with Gasteiger partial charge in [-0.15, -0.1) is 0 Å². The Hall–Kier alpha value is -0.910. The molecule has 1 unspecified atom stereocenters. The predicted octanol–water partition coefficient (Wildman–Crippen LogP) is 2.11. The van der Waals surface area contributed by atoms with Gasteiger partial charge in [0.25, 0.3) is 5.91 Å². The van der Waals surface area contributed by atoms with Crippen LogP contribution in [0, 0.1) is 6.92 Å². The molecule has 0 aliphatic carbocycles. The van der Waals surface area contributed by atoms with Crippen LogP contribution in [0.25, 0.3) is 0 Å². The number of rotatable bonds is 2. The smallest absolute Gasteiger partial charge is 0.255 e. The zero-order valence-corrected chi connectivity index (χ0v) is 11.1. The Balaban J connectivity index is 2.04. The number of carbonyl (C=O) groups excluding carboxylic acids is 1. The van der Waals surface area contributed by atoms with Crippen molar-refractivity contribution >= 4 is 27.5 Å². The van der Waals surface area contributed by atoms with Crippen molar-refractivity contribution in [3.8, 4) is 0 Å². The maximum Gasteiger partial charge on any atom is 0.255 e. The minimum atomic E-state index is -0.517. The molecule has 1 aliphatic rings. The third kappa shape index (κ3) is 3.06. The molecule has 1 atom stereocenters. The normalized spacial score (nSPS) is 20.0. The van der Waals surface area contributed by atoms with Gasteiger partial charge in [-0.2, -0.15) is 0 Å². The number of aryl methyl sites for hydroxylation is 1. The molecule has 2 rings (SSSR count). The summed E-state index contributed by atoms with van der Waals surface area (Å²) in [6.45, 7) is 3.31. The summed E-state index contributed by atoms with van der Waals surface area (Å²) in [5.41, 5.74) is 1.83. The second kappa shape index (κ2) is 5.62. The predicted molar refractivity (Wildman–Crippen MR) is 68.1 cm³/mol. The Bertz CT molecular complexity index is 416. The summed E-state index contributed by atoms with van der Waals surface area (Å²) in [5.74, 6) is -0.170. The zero-order chi connectivity index (χ0) is 12.3. The van der Waals surface area contributed by atoms with Gasteiger partial charge in [0.15, 0.2) is 6.10 Å². The number of amides is 1. The molecule has 4 nitrogen and oxygen atoms in total. The quantitative estimate of drug-likeness (QED) is 0.910. The molecule has 5 heteroatoms. The number of anilines is 1. The highest BCUT2D eigenvalue weighted by Gasteiger charge is 2.23. The van der Waals surface area contributed by atoms with Gasteiger partial charge in [-0.3, -0.25) is 4.79 Å². The van der Waals surface area contributed by atoms with Crippen molar-refractivity contribution in [1.29, 1.82) is 0 Å². The fraction of sp³-hybridized carbons (Fsp3) is 0.417. The van der Waals surface area contributed by atoms with Crippen molar-refractivity contribution in [3.05, 3.63) is 28.2 Å². The molecule has 1 N–H and O–H groups in total. The van der Waals surface area contributed by atoms with Crippen LogP contribution in [0.2, 0.25) is 0 Å². The van der Waals surface area contributed by atoms with Crippen LogP contribution in [0.5, 0.6) is 0 Å². The van der Waals surface area contributed by atoms with Gasteiger partial charge in [0.05, 0.1) is 25.5 Å². The van der Waals surface area contributed by atoms with Gasteiger partial charge in [0.1, 0.15) is 0 Å².